The molecule has 174 valence electrons. The second-order valence-electron chi connectivity index (χ2n) is 8.39. The Morgan fingerprint density at radius 3 is 2.61 bits per heavy atom. The number of benzene rings is 2. The van der Waals surface area contributed by atoms with Gasteiger partial charge in [-0.1, -0.05) is 6.07 Å². The number of ether oxygens (including phenoxy) is 1. The predicted molar refractivity (Wildman–Crippen MR) is 125 cm³/mol. The molecule has 0 aromatic heterocycles. The maximum absolute atomic E-state index is 13.1. The Balaban J connectivity index is 1.54. The van der Waals surface area contributed by atoms with Crippen LogP contribution in [0.5, 0.6) is 0 Å². The van der Waals surface area contributed by atoms with Crippen molar-refractivity contribution in [2.24, 2.45) is 0 Å². The van der Waals surface area contributed by atoms with Gasteiger partial charge in [0.15, 0.2) is 0 Å². The van der Waals surface area contributed by atoms with E-state index in [0.717, 1.165) is 51.1 Å². The van der Waals surface area contributed by atoms with E-state index in [1.807, 2.05) is 6.07 Å². The maximum Gasteiger partial charge on any atom is 0.270 e. The van der Waals surface area contributed by atoms with Gasteiger partial charge in [0.05, 0.1) is 16.6 Å². The van der Waals surface area contributed by atoms with Gasteiger partial charge in [0.1, 0.15) is 0 Å². The molecule has 2 aromatic rings. The molecule has 2 heterocycles. The minimum absolute atomic E-state index is 0.0316. The van der Waals surface area contributed by atoms with Crippen molar-refractivity contribution in [1.82, 2.24) is 5.32 Å². The van der Waals surface area contributed by atoms with Gasteiger partial charge in [-0.05, 0) is 56.4 Å². The van der Waals surface area contributed by atoms with E-state index in [0.29, 0.717) is 17.8 Å². The van der Waals surface area contributed by atoms with Gasteiger partial charge in [-0.15, -0.1) is 0 Å². The van der Waals surface area contributed by atoms with Crippen molar-refractivity contribution in [3.8, 4) is 0 Å². The lowest BCUT2D eigenvalue weighted by Crippen LogP contribution is -2.35. The summed E-state index contributed by atoms with van der Waals surface area (Å²) in [5, 5.41) is 16.8. The Labute approximate surface area is 192 Å². The molecule has 9 heteroatoms. The first-order valence-corrected chi connectivity index (χ1v) is 11.4. The number of non-ortho nitro benzene ring substituents is 1. The van der Waals surface area contributed by atoms with Gasteiger partial charge >= 0.3 is 0 Å². The molecule has 1 atom stereocenters. The summed E-state index contributed by atoms with van der Waals surface area (Å²) in [5.41, 5.74) is 1.81. The normalized spacial score (nSPS) is 18.1. The highest BCUT2D eigenvalue weighted by molar-refractivity contribution is 6.06. The van der Waals surface area contributed by atoms with E-state index in [2.05, 4.69) is 15.5 Å². The highest BCUT2D eigenvalue weighted by atomic mass is 16.6. The molecule has 2 fully saturated rings. The van der Waals surface area contributed by atoms with Crippen molar-refractivity contribution in [2.45, 2.75) is 38.2 Å². The smallest absolute Gasteiger partial charge is 0.270 e. The van der Waals surface area contributed by atoms with Crippen LogP contribution in [0.2, 0.25) is 0 Å². The van der Waals surface area contributed by atoms with Crippen LogP contribution >= 0.6 is 0 Å². The van der Waals surface area contributed by atoms with Crippen molar-refractivity contribution in [3.05, 3.63) is 63.7 Å². The number of carbonyl (C=O) groups excluding carboxylic acids is 2. The van der Waals surface area contributed by atoms with Crippen LogP contribution < -0.4 is 15.5 Å². The Morgan fingerprint density at radius 2 is 1.88 bits per heavy atom. The van der Waals surface area contributed by atoms with E-state index in [1.54, 1.807) is 12.1 Å². The number of nitrogens with one attached hydrogen (secondary N) is 2. The molecule has 2 N–H and O–H groups in total. The Hall–Kier alpha value is -3.46. The maximum atomic E-state index is 13.1. The van der Waals surface area contributed by atoms with Crippen LogP contribution in [-0.2, 0) is 4.74 Å². The van der Waals surface area contributed by atoms with Crippen molar-refractivity contribution in [1.29, 1.82) is 0 Å². The van der Waals surface area contributed by atoms with Gasteiger partial charge in [0.25, 0.3) is 17.5 Å². The van der Waals surface area contributed by atoms with Crippen molar-refractivity contribution < 1.29 is 19.2 Å². The van der Waals surface area contributed by atoms with E-state index in [1.165, 1.54) is 30.7 Å². The van der Waals surface area contributed by atoms with Crippen LogP contribution in [0.25, 0.3) is 0 Å². The summed E-state index contributed by atoms with van der Waals surface area (Å²) in [4.78, 5) is 38.5. The van der Waals surface area contributed by atoms with E-state index in [-0.39, 0.29) is 23.3 Å². The molecule has 2 aliphatic heterocycles. The molecule has 33 heavy (non-hydrogen) atoms. The monoisotopic (exact) mass is 452 g/mol. The van der Waals surface area contributed by atoms with Crippen LogP contribution in [-0.4, -0.2) is 49.1 Å². The first-order chi connectivity index (χ1) is 16.0. The number of amides is 2. The van der Waals surface area contributed by atoms with Crippen LogP contribution in [0.1, 0.15) is 52.8 Å². The molecule has 2 aromatic carbocycles. The second-order valence-corrected chi connectivity index (χ2v) is 8.39. The van der Waals surface area contributed by atoms with Crippen LogP contribution in [0, 0.1) is 10.1 Å². The number of nitro benzene ring substituents is 1. The molecule has 0 bridgehead atoms. The first-order valence-electron chi connectivity index (χ1n) is 11.4. The fraction of sp³-hybridized carbons (Fsp3) is 0.417. The number of hydrogen-bond acceptors (Lipinski definition) is 6. The van der Waals surface area contributed by atoms with Crippen molar-refractivity contribution in [3.63, 3.8) is 0 Å². The van der Waals surface area contributed by atoms with Gasteiger partial charge < -0.3 is 20.3 Å². The lowest BCUT2D eigenvalue weighted by molar-refractivity contribution is -0.384. The van der Waals surface area contributed by atoms with Crippen LogP contribution in [0.4, 0.5) is 17.1 Å². The molecule has 1 unspecified atom stereocenters. The van der Waals surface area contributed by atoms with E-state index in [4.69, 9.17) is 4.74 Å². The second kappa shape index (κ2) is 10.4. The Morgan fingerprint density at radius 1 is 1.06 bits per heavy atom. The molecule has 0 saturated carbocycles. The van der Waals surface area contributed by atoms with Gasteiger partial charge in [0.2, 0.25) is 0 Å². The molecular weight excluding hydrogens is 424 g/mol. The number of hydrogen-bond donors (Lipinski definition) is 2. The number of carbonyl (C=O) groups is 2. The minimum atomic E-state index is -0.541. The highest BCUT2D eigenvalue weighted by Gasteiger charge is 2.22. The number of rotatable bonds is 7. The zero-order valence-electron chi connectivity index (χ0n) is 18.4. The highest BCUT2D eigenvalue weighted by Crippen LogP contribution is 2.28. The lowest BCUT2D eigenvalue weighted by atomic mass is 10.1. The summed E-state index contributed by atoms with van der Waals surface area (Å²) >= 11 is 0. The van der Waals surface area contributed by atoms with Gasteiger partial charge in [-0.3, -0.25) is 19.7 Å². The molecule has 4 rings (SSSR count). The van der Waals surface area contributed by atoms with Gasteiger partial charge in [-0.25, -0.2) is 0 Å². The Kier molecular flexibility index (Phi) is 7.19. The molecule has 2 aliphatic rings. The summed E-state index contributed by atoms with van der Waals surface area (Å²) in [6.07, 6.45) is 5.28. The largest absolute Gasteiger partial charge is 0.376 e. The SMILES string of the molecule is O=C(Nc1ccc(N2CCCCC2)c(C(=O)NCC2CCCO2)c1)c1cccc([N+](=O)[O-])c1. The topological polar surface area (TPSA) is 114 Å². The number of piperidine rings is 1. The fourth-order valence-electron chi connectivity index (χ4n) is 4.28. The summed E-state index contributed by atoms with van der Waals surface area (Å²) in [5.74, 6) is -0.687. The first kappa shape index (κ1) is 22.7. The van der Waals surface area contributed by atoms with Crippen LogP contribution in [0.3, 0.4) is 0 Å². The number of nitrogens with zero attached hydrogens (tertiary/aromatic N) is 2. The third-order valence-corrected chi connectivity index (χ3v) is 6.03. The standard InChI is InChI=1S/C24H28N4O5/c29-23(17-6-4-7-19(14-17)28(31)32)26-18-9-10-22(27-11-2-1-3-12-27)21(15-18)24(30)25-16-20-8-5-13-33-20/h4,6-7,9-10,14-15,20H,1-3,5,8,11-13,16H2,(H,25,30)(H,26,29). The quantitative estimate of drug-likeness (QED) is 0.489. The zero-order valence-corrected chi connectivity index (χ0v) is 18.4. The number of anilines is 2. The molecule has 2 amide bonds. The van der Waals surface area contributed by atoms with Gasteiger partial charge in [-0.2, -0.15) is 0 Å². The molecular formula is C24H28N4O5. The van der Waals surface area contributed by atoms with Crippen molar-refractivity contribution >= 4 is 28.9 Å². The summed E-state index contributed by atoms with van der Waals surface area (Å²) < 4.78 is 5.61. The fourth-order valence-corrected chi connectivity index (χ4v) is 4.28. The van der Waals surface area contributed by atoms with E-state index < -0.39 is 10.8 Å². The molecule has 2 saturated heterocycles. The molecule has 0 radical (unpaired) electrons. The average Bonchev–Trinajstić information content (AvgIpc) is 3.37. The third kappa shape index (κ3) is 5.67. The van der Waals surface area contributed by atoms with Crippen LogP contribution in [0.15, 0.2) is 42.5 Å². The zero-order chi connectivity index (χ0) is 23.2. The average molecular weight is 453 g/mol. The van der Waals surface area contributed by atoms with E-state index >= 15 is 0 Å². The minimum Gasteiger partial charge on any atom is -0.376 e. The summed E-state index contributed by atoms with van der Waals surface area (Å²) in [7, 11) is 0. The molecule has 9 nitrogen and oxygen atoms in total. The van der Waals surface area contributed by atoms with Crippen molar-refractivity contribution in [2.75, 3.05) is 36.5 Å². The Bertz CT molecular complexity index is 1030. The molecule has 0 aliphatic carbocycles. The molecule has 0 spiro atoms. The predicted octanol–water partition coefficient (Wildman–Crippen LogP) is 3.75. The lowest BCUT2D eigenvalue weighted by Gasteiger charge is -2.30. The van der Waals surface area contributed by atoms with Gasteiger partial charge in [0, 0.05) is 55.3 Å². The summed E-state index contributed by atoms with van der Waals surface area (Å²) in [6.45, 7) is 2.93. The summed E-state index contributed by atoms with van der Waals surface area (Å²) in [6, 6.07) is 10.8. The number of nitro groups is 1. The van der Waals surface area contributed by atoms with E-state index in [9.17, 15) is 19.7 Å². The third-order valence-electron chi connectivity index (χ3n) is 6.03.